The van der Waals surface area contributed by atoms with E-state index in [9.17, 15) is 13.4 Å². The Bertz CT molecular complexity index is 694. The minimum atomic E-state index is -1.10. The molecule has 3 nitrogen and oxygen atoms in total. The van der Waals surface area contributed by atoms with Crippen molar-refractivity contribution >= 4 is 28.3 Å². The highest BCUT2D eigenvalue weighted by Crippen LogP contribution is 2.21. The second-order valence-corrected chi connectivity index (χ2v) is 6.64. The molecule has 0 aromatic heterocycles. The molecule has 0 aliphatic carbocycles. The highest BCUT2D eigenvalue weighted by molar-refractivity contribution is 7.84. The summed E-state index contributed by atoms with van der Waals surface area (Å²) >= 11 is 5.83. The first-order valence-electron chi connectivity index (χ1n) is 6.59. The quantitative estimate of drug-likeness (QED) is 0.908. The molecule has 0 saturated carbocycles. The molecule has 116 valence electrons. The van der Waals surface area contributed by atoms with Crippen molar-refractivity contribution in [2.45, 2.75) is 6.04 Å². The maximum atomic E-state index is 13.4. The summed E-state index contributed by atoms with van der Waals surface area (Å²) in [7, 11) is -1.10. The molecule has 2 aromatic carbocycles. The maximum Gasteiger partial charge on any atom is 0.253 e. The Hall–Kier alpha value is -1.72. The van der Waals surface area contributed by atoms with Crippen molar-refractivity contribution in [3.05, 3.63) is 70.5 Å². The highest BCUT2D eigenvalue weighted by Gasteiger charge is 2.19. The van der Waals surface area contributed by atoms with Gasteiger partial charge in [0.15, 0.2) is 0 Å². The third kappa shape index (κ3) is 4.15. The molecule has 22 heavy (non-hydrogen) atoms. The third-order valence-corrected chi connectivity index (χ3v) is 4.29. The fourth-order valence-electron chi connectivity index (χ4n) is 2.06. The molecular formula is C16H15ClFNO2S. The number of rotatable bonds is 5. The van der Waals surface area contributed by atoms with E-state index in [2.05, 4.69) is 5.32 Å². The van der Waals surface area contributed by atoms with Gasteiger partial charge in [-0.1, -0.05) is 48.0 Å². The zero-order valence-electron chi connectivity index (χ0n) is 11.9. The Morgan fingerprint density at radius 1 is 1.23 bits per heavy atom. The first kappa shape index (κ1) is 16.6. The van der Waals surface area contributed by atoms with Crippen LogP contribution in [0.4, 0.5) is 4.39 Å². The van der Waals surface area contributed by atoms with Gasteiger partial charge in [0.1, 0.15) is 5.82 Å². The summed E-state index contributed by atoms with van der Waals surface area (Å²) in [5.74, 6) is -0.878. The van der Waals surface area contributed by atoms with Gasteiger partial charge in [0, 0.05) is 22.8 Å². The topological polar surface area (TPSA) is 46.2 Å². The summed E-state index contributed by atoms with van der Waals surface area (Å²) in [6, 6.07) is 12.8. The van der Waals surface area contributed by atoms with Crippen LogP contribution in [0.3, 0.4) is 0 Å². The molecule has 0 aliphatic heterocycles. The Morgan fingerprint density at radius 3 is 2.55 bits per heavy atom. The number of carbonyl (C=O) groups excluding carboxylic acids is 1. The number of hydrogen-bond donors (Lipinski definition) is 1. The van der Waals surface area contributed by atoms with Crippen LogP contribution in [-0.4, -0.2) is 22.1 Å². The van der Waals surface area contributed by atoms with Crippen molar-refractivity contribution in [1.82, 2.24) is 5.32 Å². The van der Waals surface area contributed by atoms with Gasteiger partial charge in [0.25, 0.3) is 5.91 Å². The number of nitrogens with one attached hydrogen (secondary N) is 1. The molecular weight excluding hydrogens is 325 g/mol. The van der Waals surface area contributed by atoms with Crippen LogP contribution < -0.4 is 5.32 Å². The molecule has 0 spiro atoms. The predicted octanol–water partition coefficient (Wildman–Crippen LogP) is 3.33. The van der Waals surface area contributed by atoms with E-state index in [1.807, 2.05) is 30.3 Å². The minimum Gasteiger partial charge on any atom is -0.344 e. The number of halogens is 2. The molecule has 0 aliphatic rings. The molecule has 0 unspecified atom stereocenters. The Morgan fingerprint density at radius 2 is 1.91 bits per heavy atom. The van der Waals surface area contributed by atoms with E-state index in [0.29, 0.717) is 0 Å². The second kappa shape index (κ2) is 7.51. The lowest BCUT2D eigenvalue weighted by Crippen LogP contribution is -2.32. The van der Waals surface area contributed by atoms with Crippen LogP contribution in [0.5, 0.6) is 0 Å². The molecule has 0 bridgehead atoms. The van der Waals surface area contributed by atoms with E-state index >= 15 is 0 Å². The number of carbonyl (C=O) groups is 1. The molecule has 2 aromatic rings. The van der Waals surface area contributed by atoms with E-state index in [-0.39, 0.29) is 16.3 Å². The summed E-state index contributed by atoms with van der Waals surface area (Å²) < 4.78 is 25.0. The molecule has 0 radical (unpaired) electrons. The van der Waals surface area contributed by atoms with Crippen molar-refractivity contribution in [1.29, 1.82) is 0 Å². The van der Waals surface area contributed by atoms with Crippen LogP contribution >= 0.6 is 11.6 Å². The van der Waals surface area contributed by atoms with Crippen molar-refractivity contribution in [3.63, 3.8) is 0 Å². The van der Waals surface area contributed by atoms with E-state index in [1.165, 1.54) is 18.2 Å². The summed E-state index contributed by atoms with van der Waals surface area (Å²) in [4.78, 5) is 12.3. The van der Waals surface area contributed by atoms with Crippen LogP contribution in [0.15, 0.2) is 48.5 Å². The molecule has 0 fully saturated rings. The van der Waals surface area contributed by atoms with Gasteiger partial charge in [-0.2, -0.15) is 0 Å². The Labute approximate surface area is 136 Å². The predicted molar refractivity (Wildman–Crippen MR) is 87.0 cm³/mol. The van der Waals surface area contributed by atoms with Crippen LogP contribution in [0.1, 0.15) is 22.0 Å². The lowest BCUT2D eigenvalue weighted by molar-refractivity contribution is 0.0940. The summed E-state index contributed by atoms with van der Waals surface area (Å²) in [6.45, 7) is 0. The first-order chi connectivity index (χ1) is 10.5. The molecule has 2 atom stereocenters. The Kier molecular flexibility index (Phi) is 5.69. The summed E-state index contributed by atoms with van der Waals surface area (Å²) in [6.07, 6.45) is 1.57. The van der Waals surface area contributed by atoms with Crippen molar-refractivity contribution < 1.29 is 13.4 Å². The van der Waals surface area contributed by atoms with Gasteiger partial charge in [0.05, 0.1) is 16.6 Å². The average molecular weight is 340 g/mol. The standard InChI is InChI=1S/C16H15ClFNO2S/c1-22(21)10-14(11-6-3-2-4-7-11)19-16(20)12-8-5-9-13(18)15(12)17/h2-9,14H,10H2,1H3,(H,19,20)/t14-,22+/m0/s1. The zero-order valence-corrected chi connectivity index (χ0v) is 13.5. The van der Waals surface area contributed by atoms with Gasteiger partial charge in [0.2, 0.25) is 0 Å². The van der Waals surface area contributed by atoms with Gasteiger partial charge < -0.3 is 5.32 Å². The van der Waals surface area contributed by atoms with Crippen LogP contribution in [0.25, 0.3) is 0 Å². The van der Waals surface area contributed by atoms with E-state index in [1.54, 1.807) is 6.26 Å². The summed E-state index contributed by atoms with van der Waals surface area (Å²) in [5.41, 5.74) is 0.892. The Balaban J connectivity index is 2.25. The van der Waals surface area contributed by atoms with Crippen molar-refractivity contribution in [3.8, 4) is 0 Å². The van der Waals surface area contributed by atoms with Gasteiger partial charge in [-0.3, -0.25) is 9.00 Å². The molecule has 0 heterocycles. The fraction of sp³-hybridized carbons (Fsp3) is 0.188. The maximum absolute atomic E-state index is 13.4. The van der Waals surface area contributed by atoms with E-state index in [4.69, 9.17) is 11.6 Å². The molecule has 0 saturated heterocycles. The van der Waals surface area contributed by atoms with Gasteiger partial charge in [-0.15, -0.1) is 0 Å². The van der Waals surface area contributed by atoms with Crippen LogP contribution in [-0.2, 0) is 10.8 Å². The zero-order chi connectivity index (χ0) is 16.1. The van der Waals surface area contributed by atoms with Gasteiger partial charge in [-0.25, -0.2) is 4.39 Å². The molecule has 2 rings (SSSR count). The number of hydrogen-bond acceptors (Lipinski definition) is 2. The van der Waals surface area contributed by atoms with Crippen molar-refractivity contribution in [2.75, 3.05) is 12.0 Å². The minimum absolute atomic E-state index is 0.0597. The lowest BCUT2D eigenvalue weighted by atomic mass is 10.1. The molecule has 6 heteroatoms. The average Bonchev–Trinajstić information content (AvgIpc) is 2.49. The van der Waals surface area contributed by atoms with E-state index in [0.717, 1.165) is 5.56 Å². The summed E-state index contributed by atoms with van der Waals surface area (Å²) in [5, 5.41) is 2.55. The second-order valence-electron chi connectivity index (χ2n) is 4.78. The van der Waals surface area contributed by atoms with Gasteiger partial charge >= 0.3 is 0 Å². The highest BCUT2D eigenvalue weighted by atomic mass is 35.5. The van der Waals surface area contributed by atoms with Gasteiger partial charge in [-0.05, 0) is 17.7 Å². The lowest BCUT2D eigenvalue weighted by Gasteiger charge is -2.18. The normalized spacial score (nSPS) is 13.4. The monoisotopic (exact) mass is 339 g/mol. The number of benzene rings is 2. The third-order valence-electron chi connectivity index (χ3n) is 3.10. The first-order valence-corrected chi connectivity index (χ1v) is 8.69. The van der Waals surface area contributed by atoms with Crippen molar-refractivity contribution in [2.24, 2.45) is 0 Å². The molecule has 1 N–H and O–H groups in total. The fourth-order valence-corrected chi connectivity index (χ4v) is 3.01. The number of amides is 1. The SMILES string of the molecule is C[S@@](=O)C[C@H](NC(=O)c1cccc(F)c1Cl)c1ccccc1. The van der Waals surface area contributed by atoms with Crippen LogP contribution in [0, 0.1) is 5.82 Å². The van der Waals surface area contributed by atoms with Crippen LogP contribution in [0.2, 0.25) is 5.02 Å². The smallest absolute Gasteiger partial charge is 0.253 e. The largest absolute Gasteiger partial charge is 0.344 e. The molecule has 1 amide bonds. The van der Waals surface area contributed by atoms with E-state index < -0.39 is 28.6 Å².